The van der Waals surface area contributed by atoms with Crippen LogP contribution in [0, 0.1) is 0 Å². The number of hydrogen-bond donors (Lipinski definition) is 1. The summed E-state index contributed by atoms with van der Waals surface area (Å²) in [4.78, 5) is 0. The number of benzene rings is 1. The summed E-state index contributed by atoms with van der Waals surface area (Å²) in [6.45, 7) is 0. The molecule has 1 aliphatic heterocycles. The molecule has 2 unspecified atom stereocenters. The van der Waals surface area contributed by atoms with Crippen molar-refractivity contribution in [2.75, 3.05) is 11.5 Å². The average Bonchev–Trinajstić information content (AvgIpc) is 2.51. The van der Waals surface area contributed by atoms with Gasteiger partial charge in [0, 0.05) is 0 Å². The third-order valence-electron chi connectivity index (χ3n) is 2.74. The normalized spacial score (nSPS) is 26.3. The van der Waals surface area contributed by atoms with Gasteiger partial charge in [0.05, 0.1) is 17.1 Å². The molecule has 1 fully saturated rings. The highest BCUT2D eigenvalue weighted by molar-refractivity contribution is 7.91. The zero-order valence-electron chi connectivity index (χ0n) is 9.59. The number of aliphatic hydroxyl groups is 1. The number of sulfone groups is 1. The second-order valence-corrected chi connectivity index (χ2v) is 6.45. The first-order valence-corrected chi connectivity index (χ1v) is 7.22. The van der Waals surface area contributed by atoms with Crippen LogP contribution in [0.4, 0.5) is 13.2 Å². The number of aliphatic hydroxyl groups excluding tert-OH is 1. The first kappa shape index (κ1) is 14.1. The number of rotatable bonds is 2. The number of hydrogen-bond acceptors (Lipinski definition) is 4. The molecule has 1 aromatic rings. The Hall–Kier alpha value is -1.28. The van der Waals surface area contributed by atoms with Gasteiger partial charge < -0.3 is 9.84 Å². The maximum Gasteiger partial charge on any atom is 0.419 e. The van der Waals surface area contributed by atoms with Gasteiger partial charge in [0.25, 0.3) is 0 Å². The number of alkyl halides is 3. The molecule has 1 heterocycles. The first-order valence-electron chi connectivity index (χ1n) is 5.40. The van der Waals surface area contributed by atoms with E-state index in [4.69, 9.17) is 4.74 Å². The number of halogens is 3. The number of ether oxygens (including phenoxy) is 1. The van der Waals surface area contributed by atoms with Crippen LogP contribution in [0.5, 0.6) is 5.75 Å². The zero-order valence-corrected chi connectivity index (χ0v) is 10.4. The minimum absolute atomic E-state index is 0.476. The van der Waals surface area contributed by atoms with E-state index in [9.17, 15) is 26.7 Å². The molecule has 0 aliphatic carbocycles. The molecular formula is C11H11F3O4S. The van der Waals surface area contributed by atoms with E-state index in [0.717, 1.165) is 12.1 Å². The lowest BCUT2D eigenvalue weighted by Gasteiger charge is -2.19. The lowest BCUT2D eigenvalue weighted by molar-refractivity contribution is -0.139. The van der Waals surface area contributed by atoms with Crippen molar-refractivity contribution in [1.82, 2.24) is 0 Å². The standard InChI is InChI=1S/C11H11F3O4S/c12-11(13,14)7-3-1-2-4-9(7)18-10-6-19(16,17)5-8(10)15/h1-4,8,10,15H,5-6H2. The van der Waals surface area contributed by atoms with Gasteiger partial charge in [0.2, 0.25) is 0 Å². The minimum Gasteiger partial charge on any atom is -0.486 e. The highest BCUT2D eigenvalue weighted by atomic mass is 32.2. The predicted octanol–water partition coefficient (Wildman–Crippen LogP) is 1.24. The summed E-state index contributed by atoms with van der Waals surface area (Å²) in [5.41, 5.74) is -0.994. The van der Waals surface area contributed by atoms with E-state index in [1.165, 1.54) is 12.1 Å². The summed E-state index contributed by atoms with van der Waals surface area (Å²) >= 11 is 0. The van der Waals surface area contributed by atoms with Crippen LogP contribution in [0.25, 0.3) is 0 Å². The molecule has 4 nitrogen and oxygen atoms in total. The van der Waals surface area contributed by atoms with Gasteiger partial charge in [0.15, 0.2) is 9.84 Å². The van der Waals surface area contributed by atoms with Crippen molar-refractivity contribution in [3.63, 3.8) is 0 Å². The van der Waals surface area contributed by atoms with Gasteiger partial charge in [-0.2, -0.15) is 13.2 Å². The van der Waals surface area contributed by atoms with Crippen LogP contribution >= 0.6 is 0 Å². The first-order chi connectivity index (χ1) is 8.69. The SMILES string of the molecule is O=S1(=O)CC(O)C(Oc2ccccc2C(F)(F)F)C1. The van der Waals surface area contributed by atoms with Crippen LogP contribution in [-0.4, -0.2) is 37.2 Å². The maximum atomic E-state index is 12.7. The molecule has 1 saturated heterocycles. The molecule has 0 radical (unpaired) electrons. The molecule has 2 atom stereocenters. The van der Waals surface area contributed by atoms with Crippen LogP contribution in [0.2, 0.25) is 0 Å². The Bertz CT molecular complexity index is 568. The van der Waals surface area contributed by atoms with Crippen molar-refractivity contribution in [3.05, 3.63) is 29.8 Å². The lowest BCUT2D eigenvalue weighted by Crippen LogP contribution is -2.30. The molecule has 0 amide bonds. The maximum absolute atomic E-state index is 12.7. The van der Waals surface area contributed by atoms with E-state index < -0.39 is 51.0 Å². The molecular weight excluding hydrogens is 285 g/mol. The van der Waals surface area contributed by atoms with Crippen molar-refractivity contribution < 1.29 is 31.4 Å². The Morgan fingerprint density at radius 2 is 1.84 bits per heavy atom. The van der Waals surface area contributed by atoms with Crippen molar-refractivity contribution in [1.29, 1.82) is 0 Å². The topological polar surface area (TPSA) is 63.6 Å². The van der Waals surface area contributed by atoms with Crippen LogP contribution < -0.4 is 4.74 Å². The molecule has 0 spiro atoms. The summed E-state index contributed by atoms with van der Waals surface area (Å²) in [5.74, 6) is -1.46. The van der Waals surface area contributed by atoms with E-state index in [0.29, 0.717) is 0 Å². The number of para-hydroxylation sites is 1. The average molecular weight is 296 g/mol. The van der Waals surface area contributed by atoms with Crippen LogP contribution in [0.3, 0.4) is 0 Å². The highest BCUT2D eigenvalue weighted by Crippen LogP contribution is 2.37. The smallest absolute Gasteiger partial charge is 0.419 e. The second-order valence-electron chi connectivity index (χ2n) is 4.29. The van der Waals surface area contributed by atoms with Crippen LogP contribution in [0.15, 0.2) is 24.3 Å². The molecule has 106 valence electrons. The highest BCUT2D eigenvalue weighted by Gasteiger charge is 2.40. The summed E-state index contributed by atoms with van der Waals surface area (Å²) in [7, 11) is -3.47. The second kappa shape index (κ2) is 4.68. The largest absolute Gasteiger partial charge is 0.486 e. The monoisotopic (exact) mass is 296 g/mol. The molecule has 0 aromatic heterocycles. The van der Waals surface area contributed by atoms with Crippen molar-refractivity contribution in [2.45, 2.75) is 18.4 Å². The van der Waals surface area contributed by atoms with Crippen LogP contribution in [0.1, 0.15) is 5.56 Å². The Morgan fingerprint density at radius 3 is 2.37 bits per heavy atom. The van der Waals surface area contributed by atoms with Gasteiger partial charge in [-0.25, -0.2) is 8.42 Å². The fourth-order valence-electron chi connectivity index (χ4n) is 1.88. The zero-order chi connectivity index (χ0) is 14.3. The van der Waals surface area contributed by atoms with Crippen molar-refractivity contribution in [3.8, 4) is 5.75 Å². The molecule has 8 heteroatoms. The molecule has 1 aromatic carbocycles. The summed E-state index contributed by atoms with van der Waals surface area (Å²) in [6, 6.07) is 4.49. The predicted molar refractivity (Wildman–Crippen MR) is 60.5 cm³/mol. The van der Waals surface area contributed by atoms with Gasteiger partial charge in [-0.15, -0.1) is 0 Å². The van der Waals surface area contributed by atoms with E-state index in [-0.39, 0.29) is 0 Å². The Morgan fingerprint density at radius 1 is 1.21 bits per heavy atom. The lowest BCUT2D eigenvalue weighted by atomic mass is 10.2. The Balaban J connectivity index is 2.26. The molecule has 1 aliphatic rings. The van der Waals surface area contributed by atoms with Crippen LogP contribution in [-0.2, 0) is 16.0 Å². The Labute approximate surface area is 107 Å². The third kappa shape index (κ3) is 3.19. The van der Waals surface area contributed by atoms with Gasteiger partial charge in [0.1, 0.15) is 18.0 Å². The minimum atomic E-state index is -4.60. The van der Waals surface area contributed by atoms with E-state index in [1.54, 1.807) is 0 Å². The van der Waals surface area contributed by atoms with Gasteiger partial charge in [-0.3, -0.25) is 0 Å². The quantitative estimate of drug-likeness (QED) is 0.892. The van der Waals surface area contributed by atoms with Gasteiger partial charge in [-0.05, 0) is 12.1 Å². The van der Waals surface area contributed by atoms with E-state index >= 15 is 0 Å². The molecule has 19 heavy (non-hydrogen) atoms. The Kier molecular flexibility index (Phi) is 3.48. The fraction of sp³-hybridized carbons (Fsp3) is 0.455. The van der Waals surface area contributed by atoms with E-state index in [2.05, 4.69) is 0 Å². The third-order valence-corrected chi connectivity index (χ3v) is 4.43. The molecule has 2 rings (SSSR count). The van der Waals surface area contributed by atoms with Gasteiger partial charge in [-0.1, -0.05) is 12.1 Å². The van der Waals surface area contributed by atoms with Crippen molar-refractivity contribution in [2.24, 2.45) is 0 Å². The fourth-order valence-corrected chi connectivity index (χ4v) is 3.54. The summed E-state index contributed by atoms with van der Waals surface area (Å²) in [5, 5.41) is 9.49. The molecule has 0 saturated carbocycles. The summed E-state index contributed by atoms with van der Waals surface area (Å²) in [6.07, 6.45) is -7.08. The van der Waals surface area contributed by atoms with Crippen molar-refractivity contribution >= 4 is 9.84 Å². The van der Waals surface area contributed by atoms with Gasteiger partial charge >= 0.3 is 6.18 Å². The van der Waals surface area contributed by atoms with E-state index in [1.807, 2.05) is 0 Å². The molecule has 1 N–H and O–H groups in total. The summed E-state index contributed by atoms with van der Waals surface area (Å²) < 4.78 is 65.7. The molecule has 0 bridgehead atoms.